The van der Waals surface area contributed by atoms with Gasteiger partial charge < -0.3 is 26.6 Å². The molecule has 1 rings (SSSR count). The number of hydrogen-bond acceptors (Lipinski definition) is 6. The molecule has 0 heterocycles. The van der Waals surface area contributed by atoms with Gasteiger partial charge in [0.15, 0.2) is 0 Å². The molecule has 0 aliphatic rings. The maximum atomic E-state index is 12.2. The predicted molar refractivity (Wildman–Crippen MR) is 105 cm³/mol. The Morgan fingerprint density at radius 1 is 1.21 bits per heavy atom. The Morgan fingerprint density at radius 3 is 2.54 bits per heavy atom. The maximum Gasteiger partial charge on any atom is 0.322 e. The lowest BCUT2D eigenvalue weighted by molar-refractivity contribution is -0.139. The molecule has 0 saturated heterocycles. The van der Waals surface area contributed by atoms with Crippen LogP contribution in [0.1, 0.15) is 18.4 Å². The summed E-state index contributed by atoms with van der Waals surface area (Å²) in [4.78, 5) is 45.5. The van der Waals surface area contributed by atoms with Crippen LogP contribution in [0.5, 0.6) is 0 Å². The smallest absolute Gasteiger partial charge is 0.322 e. The fourth-order valence-electron chi connectivity index (χ4n) is 2.07. The number of carbonyl (C=O) groups is 4. The Hall–Kier alpha value is -2.30. The fourth-order valence-corrected chi connectivity index (χ4v) is 3.28. The van der Waals surface area contributed by atoms with Gasteiger partial charge in [-0.3, -0.25) is 19.2 Å². The van der Waals surface area contributed by atoms with Crippen molar-refractivity contribution in [1.29, 1.82) is 0 Å². The lowest BCUT2D eigenvalue weighted by Crippen LogP contribution is -2.49. The van der Waals surface area contributed by atoms with Crippen molar-refractivity contribution in [3.63, 3.8) is 0 Å². The van der Waals surface area contributed by atoms with E-state index >= 15 is 0 Å². The van der Waals surface area contributed by atoms with E-state index < -0.39 is 42.4 Å². The number of carbonyl (C=O) groups excluding carboxylic acids is 2. The third-order valence-corrected chi connectivity index (χ3v) is 4.85. The molecule has 11 heteroatoms. The van der Waals surface area contributed by atoms with E-state index in [2.05, 4.69) is 10.6 Å². The van der Waals surface area contributed by atoms with Crippen LogP contribution in [-0.4, -0.2) is 58.3 Å². The molecule has 6 N–H and O–H groups in total. The minimum Gasteiger partial charge on any atom is -0.480 e. The van der Waals surface area contributed by atoms with Gasteiger partial charge in [-0.1, -0.05) is 23.7 Å². The van der Waals surface area contributed by atoms with E-state index in [9.17, 15) is 19.2 Å². The van der Waals surface area contributed by atoms with Crippen molar-refractivity contribution < 1.29 is 29.4 Å². The second-order valence-corrected chi connectivity index (χ2v) is 7.33. The van der Waals surface area contributed by atoms with Gasteiger partial charge in [-0.25, -0.2) is 0 Å². The molecule has 0 saturated carbocycles. The lowest BCUT2D eigenvalue weighted by atomic mass is 10.1. The molecule has 28 heavy (non-hydrogen) atoms. The van der Waals surface area contributed by atoms with Crippen molar-refractivity contribution in [3.8, 4) is 0 Å². The molecule has 0 fully saturated rings. The van der Waals surface area contributed by atoms with Crippen molar-refractivity contribution in [1.82, 2.24) is 10.6 Å². The first-order chi connectivity index (χ1) is 13.2. The van der Waals surface area contributed by atoms with E-state index in [0.29, 0.717) is 10.8 Å². The molecule has 2 atom stereocenters. The minimum absolute atomic E-state index is 0.0830. The number of thioether (sulfide) groups is 1. The molecular weight excluding hydrogens is 410 g/mol. The Labute approximate surface area is 171 Å². The van der Waals surface area contributed by atoms with Crippen LogP contribution in [0, 0.1) is 0 Å². The zero-order valence-electron chi connectivity index (χ0n) is 14.9. The van der Waals surface area contributed by atoms with Crippen LogP contribution in [0.15, 0.2) is 24.3 Å². The SMILES string of the molecule is NC(CCC(=O)NC(CSCc1cccc(Cl)c1)C(=O)NCC(=O)O)C(=O)O. The van der Waals surface area contributed by atoms with Crippen LogP contribution >= 0.6 is 23.4 Å². The summed E-state index contributed by atoms with van der Waals surface area (Å²) in [5, 5.41) is 22.7. The molecular formula is C17H22ClN3O6S. The highest BCUT2D eigenvalue weighted by molar-refractivity contribution is 7.98. The van der Waals surface area contributed by atoms with Crippen LogP contribution in [-0.2, 0) is 24.9 Å². The van der Waals surface area contributed by atoms with Gasteiger partial charge in [-0.2, -0.15) is 11.8 Å². The van der Waals surface area contributed by atoms with E-state index in [0.717, 1.165) is 5.56 Å². The molecule has 1 aromatic rings. The zero-order valence-corrected chi connectivity index (χ0v) is 16.5. The second kappa shape index (κ2) is 12.2. The van der Waals surface area contributed by atoms with Crippen molar-refractivity contribution in [2.45, 2.75) is 30.7 Å². The van der Waals surface area contributed by atoms with Gasteiger partial charge >= 0.3 is 11.9 Å². The van der Waals surface area contributed by atoms with E-state index in [4.69, 9.17) is 27.5 Å². The molecule has 2 unspecified atom stereocenters. The number of halogens is 1. The van der Waals surface area contributed by atoms with Crippen LogP contribution in [0.4, 0.5) is 0 Å². The molecule has 0 aromatic heterocycles. The van der Waals surface area contributed by atoms with Gasteiger partial charge in [0.1, 0.15) is 18.6 Å². The van der Waals surface area contributed by atoms with Crippen LogP contribution in [0.25, 0.3) is 0 Å². The minimum atomic E-state index is -1.22. The molecule has 0 aliphatic carbocycles. The average molecular weight is 432 g/mol. The molecule has 0 bridgehead atoms. The number of nitrogens with two attached hydrogens (primary N) is 1. The highest BCUT2D eigenvalue weighted by Crippen LogP contribution is 2.17. The molecule has 0 aliphatic heterocycles. The van der Waals surface area contributed by atoms with E-state index in [1.54, 1.807) is 18.2 Å². The summed E-state index contributed by atoms with van der Waals surface area (Å²) in [5.74, 6) is -2.90. The Kier molecular flexibility index (Phi) is 10.4. The third-order valence-electron chi connectivity index (χ3n) is 3.51. The number of benzene rings is 1. The normalized spacial score (nSPS) is 12.6. The number of hydrogen-bond donors (Lipinski definition) is 5. The summed E-state index contributed by atoms with van der Waals surface area (Å²) in [7, 11) is 0. The van der Waals surface area contributed by atoms with Crippen molar-refractivity contribution in [2.75, 3.05) is 12.3 Å². The molecule has 2 amide bonds. The van der Waals surface area contributed by atoms with Crippen molar-refractivity contribution in [3.05, 3.63) is 34.9 Å². The van der Waals surface area contributed by atoms with Crippen molar-refractivity contribution >= 4 is 47.1 Å². The summed E-state index contributed by atoms with van der Waals surface area (Å²) >= 11 is 7.28. The van der Waals surface area contributed by atoms with Gasteiger partial charge in [0, 0.05) is 22.9 Å². The van der Waals surface area contributed by atoms with E-state index in [1.807, 2.05) is 6.07 Å². The second-order valence-electron chi connectivity index (χ2n) is 5.86. The Bertz CT molecular complexity index is 718. The number of carboxylic acids is 2. The van der Waals surface area contributed by atoms with E-state index in [-0.39, 0.29) is 18.6 Å². The summed E-state index contributed by atoms with van der Waals surface area (Å²) < 4.78 is 0. The van der Waals surface area contributed by atoms with Crippen LogP contribution in [0.2, 0.25) is 5.02 Å². The number of rotatable bonds is 12. The highest BCUT2D eigenvalue weighted by Gasteiger charge is 2.22. The molecule has 0 radical (unpaired) electrons. The average Bonchev–Trinajstić information content (AvgIpc) is 2.63. The quantitative estimate of drug-likeness (QED) is 0.319. The largest absolute Gasteiger partial charge is 0.480 e. The first-order valence-corrected chi connectivity index (χ1v) is 9.81. The summed E-state index contributed by atoms with van der Waals surface area (Å²) in [6.07, 6.45) is -0.255. The predicted octanol–water partition coefficient (Wildman–Crippen LogP) is 0.451. The molecule has 9 nitrogen and oxygen atoms in total. The van der Waals surface area contributed by atoms with Gasteiger partial charge in [0.25, 0.3) is 0 Å². The fraction of sp³-hybridized carbons (Fsp3) is 0.412. The van der Waals surface area contributed by atoms with E-state index in [1.165, 1.54) is 11.8 Å². The highest BCUT2D eigenvalue weighted by atomic mass is 35.5. The number of amides is 2. The summed E-state index contributed by atoms with van der Waals surface area (Å²) in [5.41, 5.74) is 6.29. The van der Waals surface area contributed by atoms with Crippen LogP contribution in [0.3, 0.4) is 0 Å². The number of carboxylic acid groups (broad SMARTS) is 2. The van der Waals surface area contributed by atoms with Gasteiger partial charge in [-0.15, -0.1) is 0 Å². The zero-order chi connectivity index (χ0) is 21.1. The summed E-state index contributed by atoms with van der Waals surface area (Å²) in [6, 6.07) is 5.02. The number of aliphatic carboxylic acids is 2. The molecule has 154 valence electrons. The standard InChI is InChI=1S/C17H22ClN3O6S/c18-11-3-1-2-10(6-11)8-28-9-13(16(25)20-7-15(23)24)21-14(22)5-4-12(19)17(26)27/h1-3,6,12-13H,4-5,7-9,19H2,(H,20,25)(H,21,22)(H,23,24)(H,26,27). The first kappa shape index (κ1) is 23.7. The van der Waals surface area contributed by atoms with Gasteiger partial charge in [0.2, 0.25) is 11.8 Å². The lowest BCUT2D eigenvalue weighted by Gasteiger charge is -2.18. The Morgan fingerprint density at radius 2 is 1.93 bits per heavy atom. The third kappa shape index (κ3) is 9.58. The van der Waals surface area contributed by atoms with Gasteiger partial charge in [0.05, 0.1) is 0 Å². The number of nitrogens with one attached hydrogen (secondary N) is 2. The first-order valence-electron chi connectivity index (χ1n) is 8.28. The molecule has 1 aromatic carbocycles. The maximum absolute atomic E-state index is 12.2. The Balaban J connectivity index is 2.61. The monoisotopic (exact) mass is 431 g/mol. The van der Waals surface area contributed by atoms with Gasteiger partial charge in [-0.05, 0) is 24.1 Å². The summed E-state index contributed by atoms with van der Waals surface area (Å²) in [6.45, 7) is -0.575. The molecule has 0 spiro atoms. The topological polar surface area (TPSA) is 159 Å². The van der Waals surface area contributed by atoms with Crippen molar-refractivity contribution in [2.24, 2.45) is 5.73 Å². The van der Waals surface area contributed by atoms with Crippen LogP contribution < -0.4 is 16.4 Å².